The fourth-order valence-electron chi connectivity index (χ4n) is 2.66. The van der Waals surface area contributed by atoms with Crippen molar-refractivity contribution < 1.29 is 0 Å². The smallest absolute Gasteiger partial charge is 0.0120 e. The molecular formula is C14H28N2. The molecule has 1 saturated carbocycles. The first-order chi connectivity index (χ1) is 7.65. The van der Waals surface area contributed by atoms with E-state index in [1.165, 1.54) is 32.1 Å². The number of nitrogens with one attached hydrogen (secondary N) is 2. The predicted octanol–water partition coefficient (Wildman–Crippen LogP) is 3.47. The standard InChI is InChI=1S/C14H28N2/c1-11(2)13-7-5-6-12(3)14(9-8-13)10-16-15-4/h10-13,15-16H,5-9H2,1-4H3/b14-10-. The normalized spacial score (nSPS) is 30.2. The van der Waals surface area contributed by atoms with Crippen molar-refractivity contribution in [3.63, 3.8) is 0 Å². The van der Waals surface area contributed by atoms with Gasteiger partial charge in [-0.15, -0.1) is 0 Å². The Labute approximate surface area is 101 Å². The Bertz CT molecular complexity index is 221. The van der Waals surface area contributed by atoms with Crippen LogP contribution in [0.5, 0.6) is 0 Å². The van der Waals surface area contributed by atoms with Gasteiger partial charge >= 0.3 is 0 Å². The summed E-state index contributed by atoms with van der Waals surface area (Å²) in [6, 6.07) is 0. The largest absolute Gasteiger partial charge is 0.329 e. The molecule has 2 nitrogen and oxygen atoms in total. The zero-order valence-corrected chi connectivity index (χ0v) is 11.3. The van der Waals surface area contributed by atoms with Crippen LogP contribution in [0, 0.1) is 17.8 Å². The van der Waals surface area contributed by atoms with Gasteiger partial charge in [-0.25, -0.2) is 5.43 Å². The molecule has 0 spiro atoms. The van der Waals surface area contributed by atoms with Crippen molar-refractivity contribution in [3.8, 4) is 0 Å². The van der Waals surface area contributed by atoms with Crippen molar-refractivity contribution >= 4 is 0 Å². The number of allylic oxidation sites excluding steroid dienone is 1. The molecule has 0 heterocycles. The third kappa shape index (κ3) is 4.17. The molecule has 94 valence electrons. The number of hydrazine groups is 1. The highest BCUT2D eigenvalue weighted by Crippen LogP contribution is 2.32. The minimum Gasteiger partial charge on any atom is -0.329 e. The lowest BCUT2D eigenvalue weighted by molar-refractivity contribution is 0.300. The molecule has 0 aliphatic heterocycles. The minimum absolute atomic E-state index is 0.744. The van der Waals surface area contributed by atoms with E-state index in [2.05, 4.69) is 37.8 Å². The maximum atomic E-state index is 3.13. The van der Waals surface area contributed by atoms with Gasteiger partial charge in [-0.3, -0.25) is 0 Å². The second-order valence-electron chi connectivity index (χ2n) is 5.49. The SMILES string of the molecule is CNN/C=C1/CCC(C(C)C)CCCC1C. The van der Waals surface area contributed by atoms with Crippen LogP contribution >= 0.6 is 0 Å². The summed E-state index contributed by atoms with van der Waals surface area (Å²) in [5, 5.41) is 0. The van der Waals surface area contributed by atoms with Gasteiger partial charge in [0.05, 0.1) is 0 Å². The van der Waals surface area contributed by atoms with Gasteiger partial charge in [-0.05, 0) is 37.0 Å². The Hall–Kier alpha value is -0.500. The molecule has 0 amide bonds. The predicted molar refractivity (Wildman–Crippen MR) is 70.9 cm³/mol. The van der Waals surface area contributed by atoms with Crippen LogP contribution < -0.4 is 10.9 Å². The summed E-state index contributed by atoms with van der Waals surface area (Å²) in [6.45, 7) is 7.09. The molecule has 2 atom stereocenters. The van der Waals surface area contributed by atoms with Crippen molar-refractivity contribution in [2.45, 2.75) is 52.9 Å². The van der Waals surface area contributed by atoms with E-state index < -0.39 is 0 Å². The van der Waals surface area contributed by atoms with Gasteiger partial charge < -0.3 is 5.43 Å². The molecule has 1 rings (SSSR count). The van der Waals surface area contributed by atoms with Crippen molar-refractivity contribution in [2.75, 3.05) is 7.05 Å². The van der Waals surface area contributed by atoms with Gasteiger partial charge in [-0.2, -0.15) is 0 Å². The fourth-order valence-corrected chi connectivity index (χ4v) is 2.66. The van der Waals surface area contributed by atoms with Gasteiger partial charge in [0.25, 0.3) is 0 Å². The van der Waals surface area contributed by atoms with E-state index >= 15 is 0 Å². The summed E-state index contributed by atoms with van der Waals surface area (Å²) in [7, 11) is 1.92. The molecule has 1 aliphatic carbocycles. The zero-order valence-electron chi connectivity index (χ0n) is 11.3. The average Bonchev–Trinajstić information content (AvgIpc) is 2.22. The first-order valence-corrected chi connectivity index (χ1v) is 6.76. The Balaban J connectivity index is 2.56. The van der Waals surface area contributed by atoms with Crippen LogP contribution in [-0.4, -0.2) is 7.05 Å². The van der Waals surface area contributed by atoms with Crippen molar-refractivity contribution in [3.05, 3.63) is 11.8 Å². The highest BCUT2D eigenvalue weighted by Gasteiger charge is 2.19. The minimum atomic E-state index is 0.744. The molecular weight excluding hydrogens is 196 g/mol. The average molecular weight is 224 g/mol. The van der Waals surface area contributed by atoms with Gasteiger partial charge in [-0.1, -0.05) is 39.2 Å². The Morgan fingerprint density at radius 2 is 2.00 bits per heavy atom. The first kappa shape index (κ1) is 13.6. The molecule has 0 aromatic heterocycles. The zero-order chi connectivity index (χ0) is 12.0. The Morgan fingerprint density at radius 1 is 1.25 bits per heavy atom. The molecule has 2 heteroatoms. The Kier molecular flexibility index (Phi) is 5.89. The molecule has 0 saturated heterocycles. The van der Waals surface area contributed by atoms with Crippen molar-refractivity contribution in [1.29, 1.82) is 0 Å². The van der Waals surface area contributed by atoms with E-state index in [1.54, 1.807) is 5.57 Å². The number of hydrogen-bond acceptors (Lipinski definition) is 2. The summed E-state index contributed by atoms with van der Waals surface area (Å²) in [5.41, 5.74) is 7.69. The molecule has 0 aromatic carbocycles. The maximum Gasteiger partial charge on any atom is 0.0120 e. The molecule has 2 unspecified atom stereocenters. The van der Waals surface area contributed by atoms with Gasteiger partial charge in [0.2, 0.25) is 0 Å². The molecule has 0 aromatic rings. The second kappa shape index (κ2) is 6.95. The van der Waals surface area contributed by atoms with Crippen LogP contribution in [0.15, 0.2) is 11.8 Å². The third-order valence-corrected chi connectivity index (χ3v) is 3.99. The van der Waals surface area contributed by atoms with Crippen molar-refractivity contribution in [1.82, 2.24) is 10.9 Å². The van der Waals surface area contributed by atoms with E-state index in [0.29, 0.717) is 0 Å². The lowest BCUT2D eigenvalue weighted by Crippen LogP contribution is -2.23. The summed E-state index contributed by atoms with van der Waals surface area (Å²) in [5.74, 6) is 2.51. The molecule has 0 bridgehead atoms. The maximum absolute atomic E-state index is 3.13. The van der Waals surface area contributed by atoms with Crippen molar-refractivity contribution in [2.24, 2.45) is 17.8 Å². The highest BCUT2D eigenvalue weighted by atomic mass is 15.3. The van der Waals surface area contributed by atoms with Gasteiger partial charge in [0, 0.05) is 13.2 Å². The monoisotopic (exact) mass is 224 g/mol. The molecule has 0 radical (unpaired) electrons. The fraction of sp³-hybridized carbons (Fsp3) is 0.857. The van der Waals surface area contributed by atoms with Gasteiger partial charge in [0.15, 0.2) is 0 Å². The third-order valence-electron chi connectivity index (χ3n) is 3.99. The second-order valence-corrected chi connectivity index (χ2v) is 5.49. The van der Waals surface area contributed by atoms with Gasteiger partial charge in [0.1, 0.15) is 0 Å². The van der Waals surface area contributed by atoms with Crippen LogP contribution in [-0.2, 0) is 0 Å². The van der Waals surface area contributed by atoms with E-state index in [1.807, 2.05) is 7.05 Å². The van der Waals surface area contributed by atoms with Crippen LogP contribution in [0.1, 0.15) is 52.9 Å². The van der Waals surface area contributed by atoms with E-state index in [4.69, 9.17) is 0 Å². The first-order valence-electron chi connectivity index (χ1n) is 6.76. The topological polar surface area (TPSA) is 24.1 Å². The number of rotatable bonds is 3. The van der Waals surface area contributed by atoms with E-state index in [-0.39, 0.29) is 0 Å². The summed E-state index contributed by atoms with van der Waals surface area (Å²) in [4.78, 5) is 0. The van der Waals surface area contributed by atoms with E-state index in [9.17, 15) is 0 Å². The van der Waals surface area contributed by atoms with Crippen LogP contribution in [0.4, 0.5) is 0 Å². The lowest BCUT2D eigenvalue weighted by Gasteiger charge is -2.27. The Morgan fingerprint density at radius 3 is 2.62 bits per heavy atom. The van der Waals surface area contributed by atoms with Crippen LogP contribution in [0.2, 0.25) is 0 Å². The van der Waals surface area contributed by atoms with E-state index in [0.717, 1.165) is 17.8 Å². The molecule has 1 fully saturated rings. The summed E-state index contributed by atoms with van der Waals surface area (Å²) in [6.07, 6.45) is 8.96. The summed E-state index contributed by atoms with van der Waals surface area (Å²) >= 11 is 0. The molecule has 16 heavy (non-hydrogen) atoms. The van der Waals surface area contributed by atoms with Crippen LogP contribution in [0.25, 0.3) is 0 Å². The summed E-state index contributed by atoms with van der Waals surface area (Å²) < 4.78 is 0. The quantitative estimate of drug-likeness (QED) is 0.717. The lowest BCUT2D eigenvalue weighted by atomic mass is 9.79. The highest BCUT2D eigenvalue weighted by molar-refractivity contribution is 5.05. The molecule has 2 N–H and O–H groups in total. The molecule has 1 aliphatic rings. The number of hydrogen-bond donors (Lipinski definition) is 2. The van der Waals surface area contributed by atoms with Crippen LogP contribution in [0.3, 0.4) is 0 Å².